The van der Waals surface area contributed by atoms with Gasteiger partial charge in [0.25, 0.3) is 0 Å². The Bertz CT molecular complexity index is 5570. The lowest BCUT2D eigenvalue weighted by molar-refractivity contribution is -0.161. The van der Waals surface area contributed by atoms with E-state index in [-0.39, 0.29) is 28.4 Å². The van der Waals surface area contributed by atoms with Crippen molar-refractivity contribution in [3.05, 3.63) is 69.8 Å². The van der Waals surface area contributed by atoms with E-state index in [0.717, 1.165) is 50.6 Å². The molecule has 0 amide bonds. The number of carbonyl (C=O) groups excluding carboxylic acids is 3. The van der Waals surface area contributed by atoms with Crippen molar-refractivity contribution in [2.75, 3.05) is 81.6 Å². The number of piperidine rings is 3. The van der Waals surface area contributed by atoms with Gasteiger partial charge in [0.2, 0.25) is 0 Å². The number of esters is 3. The molecule has 6 heterocycles. The van der Waals surface area contributed by atoms with Gasteiger partial charge in [-0.15, -0.1) is 0 Å². The first-order valence-corrected chi connectivity index (χ1v) is 26.9. The molecule has 90 heavy (non-hydrogen) atoms. The van der Waals surface area contributed by atoms with Gasteiger partial charge in [0.05, 0.1) is 59.0 Å². The molecule has 3 aromatic carbocycles. The molecule has 3 aromatic rings. The fraction of sp³-hybridized carbons (Fsp3) is 0.708. The van der Waals surface area contributed by atoms with Crippen LogP contribution in [-0.4, -0.2) is 151 Å². The number of methoxy groups -OCH3 is 6. The Morgan fingerprint density at radius 3 is 1.23 bits per heavy atom. The highest BCUT2D eigenvalue weighted by Gasteiger charge is 2.45. The molecule has 0 aromatic heterocycles. The van der Waals surface area contributed by atoms with E-state index >= 15 is 0 Å². The highest BCUT2D eigenvalue weighted by molar-refractivity contribution is 5.77. The summed E-state index contributed by atoms with van der Waals surface area (Å²) in [6.45, 7) is -45.4. The van der Waals surface area contributed by atoms with Gasteiger partial charge >= 0.3 is 17.9 Å². The number of hydrogen-bond donors (Lipinski definition) is 3. The Hall–Kier alpha value is -5.37. The largest absolute Gasteiger partial charge is 0.493 e. The highest BCUT2D eigenvalue weighted by atomic mass is 16.6. The summed E-state index contributed by atoms with van der Waals surface area (Å²) in [5.41, 5.74) is 14.4. The van der Waals surface area contributed by atoms with Gasteiger partial charge in [0, 0.05) is 164 Å². The van der Waals surface area contributed by atoms with Crippen LogP contribution in [0.25, 0.3) is 0 Å². The smallest absolute Gasteiger partial charge is 0.323 e. The fourth-order valence-corrected chi connectivity index (χ4v) is 10.2. The number of nitrogens with zero attached hydrogens (tertiary/aromatic N) is 3. The molecule has 0 bridgehead atoms. The number of rotatable bonds is 21. The van der Waals surface area contributed by atoms with Crippen molar-refractivity contribution < 1.29 is 143 Å². The van der Waals surface area contributed by atoms with E-state index in [4.69, 9.17) is 142 Å². The highest BCUT2D eigenvalue weighted by Crippen LogP contribution is 2.48. The van der Waals surface area contributed by atoms with E-state index in [0.29, 0.717) is 35.5 Å². The predicted octanol–water partition coefficient (Wildman–Crippen LogP) is 10.7. The lowest BCUT2D eigenvalue weighted by atomic mass is 9.79. The molecule has 0 radical (unpaired) electrons. The van der Waals surface area contributed by atoms with Crippen LogP contribution in [0.5, 0.6) is 34.5 Å². The van der Waals surface area contributed by atoms with Crippen molar-refractivity contribution in [1.82, 2.24) is 14.7 Å². The summed E-state index contributed by atoms with van der Waals surface area (Å²) in [6, 6.07) is -13.1. The number of nitrogens with two attached hydrogens (primary N) is 3. The molecule has 3 saturated heterocycles. The van der Waals surface area contributed by atoms with Gasteiger partial charge in [-0.3, -0.25) is 29.1 Å². The van der Waals surface area contributed by atoms with E-state index < -0.39 is 337 Å². The van der Waals surface area contributed by atoms with E-state index in [1.54, 1.807) is 0 Å². The van der Waals surface area contributed by atoms with Gasteiger partial charge in [-0.2, -0.15) is 0 Å². The van der Waals surface area contributed by atoms with Crippen LogP contribution in [0.1, 0.15) is 259 Å². The number of fused-ring (bicyclic) bond motifs is 9. The van der Waals surface area contributed by atoms with Gasteiger partial charge in [-0.05, 0) is 143 Å². The minimum Gasteiger partial charge on any atom is -0.493 e. The fourth-order valence-electron chi connectivity index (χ4n) is 10.2. The maximum atomic E-state index is 13.7. The Labute approximate surface area is 628 Å². The van der Waals surface area contributed by atoms with Gasteiger partial charge in [-0.1, -0.05) is 82.4 Å². The maximum Gasteiger partial charge on any atom is 0.323 e. The van der Waals surface area contributed by atoms with E-state index in [1.165, 1.54) is 14.2 Å². The number of ether oxygens (including phenoxy) is 9. The Balaban J connectivity index is 0.000000310. The molecule has 18 nitrogen and oxygen atoms in total. The van der Waals surface area contributed by atoms with Crippen LogP contribution in [0, 0.1) is 53.1 Å². The normalized spacial score (nSPS) is 46.4. The first-order chi connectivity index (χ1) is 67.0. The lowest BCUT2D eigenvalue weighted by Crippen LogP contribution is -2.51. The third kappa shape index (κ3) is 17.5. The molecule has 0 saturated carbocycles. The average Bonchev–Trinajstić information content (AvgIpc) is 0.689. The van der Waals surface area contributed by atoms with Crippen LogP contribution in [0.2, 0.25) is 0 Å². The van der Waals surface area contributed by atoms with Gasteiger partial charge in [-0.25, -0.2) is 0 Å². The minimum atomic E-state index is -4.14. The molecule has 504 valence electrons. The van der Waals surface area contributed by atoms with Crippen molar-refractivity contribution >= 4 is 17.9 Å². The SMILES string of the molecule is [2H]C([2H])([2H])Oc1cc2c(cc1OC)C1([2H])CC(OC(=O)[C@@]([2H])(N)C([2H])(C([2H])([2H])[2H])C([2H])([2H])[2H])C(C([2H])([2H])C([2H])(C)C([2H])([2H])[2H])CN1C([2H])([2H])C2([2H])[2H].[2H]C([2H])([2H])Oc1cc2c(cc1OC)C1CC([2H])(OC(=O)[C@@]([2H])(N)C([2H])(C([2H])([2H])[2H])C([2H])([2H])[2H])C(C([2H])([2H])C([2H])(C)C([2H])([2H])[2H])CN1C([2H])([2H])C2([2H])[2H].[2H]C12CC(OC(=O)[C@@]([2H])(N)C([2H])(C([2H])([2H])[2H])C([2H])([2H])[2H])C(C([2H])([2H])C([2H])(C)C([2H])([2H])[2H])CN1C([2H])([2H])C([2H])([2H])c1cc(OC)c(OC)cc12. The van der Waals surface area contributed by atoms with E-state index in [1.807, 2.05) is 0 Å². The first kappa shape index (κ1) is 25.1. The molecule has 18 heteroatoms. The van der Waals surface area contributed by atoms with Crippen LogP contribution in [0.3, 0.4) is 0 Å². The number of benzene rings is 3. The predicted molar refractivity (Wildman–Crippen MR) is 353 cm³/mol. The Morgan fingerprint density at radius 2 is 0.844 bits per heavy atom. The lowest BCUT2D eigenvalue weighted by Gasteiger charge is -2.47. The summed E-state index contributed by atoms with van der Waals surface area (Å²) in [6.07, 6.45) is -30.6. The molecule has 6 aliphatic rings. The average molecular weight is 1320 g/mol. The zero-order chi connectivity index (χ0) is 121. The van der Waals surface area contributed by atoms with Gasteiger partial charge in [0.1, 0.15) is 36.3 Å². The molecule has 6 aliphatic heterocycles. The molecular formula is C72H114N6O12. The summed E-state index contributed by atoms with van der Waals surface area (Å²) >= 11 is 0. The van der Waals surface area contributed by atoms with Crippen LogP contribution >= 0.6 is 0 Å². The van der Waals surface area contributed by atoms with Crippen LogP contribution in [0.15, 0.2) is 36.4 Å². The molecular weight excluding hydrogens is 1140 g/mol. The quantitative estimate of drug-likeness (QED) is 0.0666. The maximum absolute atomic E-state index is 13.7. The van der Waals surface area contributed by atoms with Crippen LogP contribution in [-0.2, 0) is 47.7 Å². The molecule has 0 aliphatic carbocycles. The molecule has 0 spiro atoms. The van der Waals surface area contributed by atoms with Crippen molar-refractivity contribution in [2.24, 2.45) is 70.3 Å². The third-order valence-electron chi connectivity index (χ3n) is 14.4. The van der Waals surface area contributed by atoms with Gasteiger partial charge in [0.15, 0.2) is 34.5 Å². The van der Waals surface area contributed by atoms with Crippen molar-refractivity contribution in [3.8, 4) is 34.5 Å². The van der Waals surface area contributed by atoms with Crippen molar-refractivity contribution in [2.45, 2.75) is 194 Å². The molecule has 9 rings (SSSR count). The summed E-state index contributed by atoms with van der Waals surface area (Å²) in [4.78, 5) is 42.8. The van der Waals surface area contributed by atoms with Crippen LogP contribution in [0.4, 0.5) is 0 Å². The second-order valence-corrected chi connectivity index (χ2v) is 20.4. The Kier molecular flexibility index (Phi) is 9.04. The topological polar surface area (TPSA) is 222 Å². The minimum absolute atomic E-state index is 0.0558. The second-order valence-electron chi connectivity index (χ2n) is 20.4. The van der Waals surface area contributed by atoms with Crippen LogP contribution < -0.4 is 45.6 Å². The molecule has 12 unspecified atom stereocenters. The monoisotopic (exact) mass is 1320 g/mol. The zero-order valence-electron chi connectivity index (χ0n) is 113. The summed E-state index contributed by atoms with van der Waals surface area (Å²) in [5.74, 6) is -37.3. The zero-order valence-corrected chi connectivity index (χ0v) is 49.6. The summed E-state index contributed by atoms with van der Waals surface area (Å²) < 4.78 is 564. The number of carbonyl (C=O) groups is 3. The number of hydrogen-bond acceptors (Lipinski definition) is 18. The van der Waals surface area contributed by atoms with E-state index in [2.05, 4.69) is 0 Å². The molecule has 3 fully saturated rings. The van der Waals surface area contributed by atoms with Crippen molar-refractivity contribution in [1.29, 1.82) is 0 Å². The summed E-state index contributed by atoms with van der Waals surface area (Å²) in [7, 11) is -1.66. The summed E-state index contributed by atoms with van der Waals surface area (Å²) in [5, 5.41) is 0. The molecule has 15 atom stereocenters. The first-order valence-electron chi connectivity index (χ1n) is 58.4. The third-order valence-corrected chi connectivity index (χ3v) is 14.4. The standard InChI is InChI=1S/3C24H38N2O4/c3*1-14(2)9-17-13-26-8-7-16-10-21(28-5)22(29-6)11-18(16)19(26)12-20(17)30-24(27)23(25)15(3)4/h3*10-11,14-15,17,19-20,23H,7-9,12-13,25H2,1-6H3/t3*17?,19?,20?,23-/m000/s1/i1D3,3D3,4D3,5D3,7D2,8D2,9D2,14D,15D,20D,23D;1D3,3D3,4D3,5D3,7D2,8D2,9D2,14D,15D,19D,23D;1D3,3D3,4D3,7D2,8D2,9D2,14D,15D,19D,23D/t3*14?,17?,19?,20?,23-. The second kappa shape index (κ2) is 32.5. The van der Waals surface area contributed by atoms with Crippen molar-refractivity contribution in [3.63, 3.8) is 0 Å². The number of aryl methyl sites for hydroxylation is 3. The van der Waals surface area contributed by atoms with Gasteiger partial charge < -0.3 is 59.8 Å². The Morgan fingerprint density at radius 1 is 0.500 bits per heavy atom. The molecule has 6 N–H and O–H groups in total. The van der Waals surface area contributed by atoms with E-state index in [9.17, 15) is 18.5 Å².